The van der Waals surface area contributed by atoms with Gasteiger partial charge in [0.25, 0.3) is 0 Å². The Kier molecular flexibility index (Phi) is 9.29. The molecule has 0 rings (SSSR count). The fourth-order valence-electron chi connectivity index (χ4n) is 2.07. The molecule has 0 saturated heterocycles. The summed E-state index contributed by atoms with van der Waals surface area (Å²) in [6.07, 6.45) is 6.90. The summed E-state index contributed by atoms with van der Waals surface area (Å²) in [6, 6.07) is 0. The van der Waals surface area contributed by atoms with E-state index in [1.54, 1.807) is 0 Å². The average Bonchev–Trinajstić information content (AvgIpc) is 2.34. The lowest BCUT2D eigenvalue weighted by Crippen LogP contribution is -2.17. The molecule has 0 aromatic carbocycles. The lowest BCUT2D eigenvalue weighted by Gasteiger charge is -2.22. The molecule has 3 heteroatoms. The topological polar surface area (TPSA) is 46.5 Å². The Morgan fingerprint density at radius 3 is 2.28 bits per heavy atom. The SMILES string of the molecule is C/C=C(CCC(=O)O)\C(=C/C)C(CCC)OCC. The number of allylic oxidation sites excluding steroid dienone is 2. The molecule has 18 heavy (non-hydrogen) atoms. The van der Waals surface area contributed by atoms with Crippen LogP contribution in [0, 0.1) is 0 Å². The van der Waals surface area contributed by atoms with Crippen LogP contribution >= 0.6 is 0 Å². The average molecular weight is 254 g/mol. The Balaban J connectivity index is 4.83. The zero-order valence-corrected chi connectivity index (χ0v) is 12.0. The van der Waals surface area contributed by atoms with Crippen LogP contribution < -0.4 is 0 Å². The minimum atomic E-state index is -0.756. The monoisotopic (exact) mass is 254 g/mol. The van der Waals surface area contributed by atoms with Crippen molar-refractivity contribution in [2.45, 2.75) is 59.5 Å². The minimum absolute atomic E-state index is 0.0880. The highest BCUT2D eigenvalue weighted by Crippen LogP contribution is 2.24. The van der Waals surface area contributed by atoms with E-state index in [1.807, 2.05) is 32.9 Å². The molecule has 0 aromatic heterocycles. The van der Waals surface area contributed by atoms with E-state index in [0.717, 1.165) is 24.0 Å². The Morgan fingerprint density at radius 1 is 1.22 bits per heavy atom. The molecule has 3 nitrogen and oxygen atoms in total. The van der Waals surface area contributed by atoms with Crippen LogP contribution in [-0.2, 0) is 9.53 Å². The van der Waals surface area contributed by atoms with Crippen LogP contribution in [0.2, 0.25) is 0 Å². The third kappa shape index (κ3) is 6.01. The van der Waals surface area contributed by atoms with E-state index < -0.39 is 5.97 Å². The number of hydrogen-bond acceptors (Lipinski definition) is 2. The molecule has 0 heterocycles. The van der Waals surface area contributed by atoms with Crippen LogP contribution in [-0.4, -0.2) is 23.8 Å². The van der Waals surface area contributed by atoms with Crippen molar-refractivity contribution >= 4 is 5.97 Å². The Labute approximate surface area is 111 Å². The first-order valence-electron chi connectivity index (χ1n) is 6.75. The number of aliphatic carboxylic acids is 1. The zero-order valence-electron chi connectivity index (χ0n) is 12.0. The molecule has 0 bridgehead atoms. The van der Waals surface area contributed by atoms with Gasteiger partial charge in [0.15, 0.2) is 0 Å². The van der Waals surface area contributed by atoms with E-state index in [9.17, 15) is 4.79 Å². The van der Waals surface area contributed by atoms with Crippen molar-refractivity contribution in [3.8, 4) is 0 Å². The number of carbonyl (C=O) groups is 1. The van der Waals surface area contributed by atoms with Gasteiger partial charge in [-0.1, -0.05) is 25.5 Å². The van der Waals surface area contributed by atoms with Gasteiger partial charge in [-0.3, -0.25) is 4.79 Å². The molecule has 1 atom stereocenters. The molecule has 0 fully saturated rings. The third-order valence-corrected chi connectivity index (χ3v) is 2.90. The number of carboxylic acid groups (broad SMARTS) is 1. The van der Waals surface area contributed by atoms with Crippen LogP contribution in [0.3, 0.4) is 0 Å². The molecule has 0 radical (unpaired) electrons. The zero-order chi connectivity index (χ0) is 14.0. The van der Waals surface area contributed by atoms with Crippen molar-refractivity contribution in [1.82, 2.24) is 0 Å². The third-order valence-electron chi connectivity index (χ3n) is 2.90. The maximum absolute atomic E-state index is 10.7. The van der Waals surface area contributed by atoms with E-state index in [0.29, 0.717) is 13.0 Å². The largest absolute Gasteiger partial charge is 0.481 e. The van der Waals surface area contributed by atoms with Gasteiger partial charge in [0, 0.05) is 13.0 Å². The van der Waals surface area contributed by atoms with Gasteiger partial charge >= 0.3 is 5.97 Å². The fraction of sp³-hybridized carbons (Fsp3) is 0.667. The van der Waals surface area contributed by atoms with Crippen molar-refractivity contribution in [1.29, 1.82) is 0 Å². The summed E-state index contributed by atoms with van der Waals surface area (Å²) in [5, 5.41) is 8.78. The molecule has 0 saturated carbocycles. The minimum Gasteiger partial charge on any atom is -0.481 e. The number of rotatable bonds is 9. The second kappa shape index (κ2) is 9.89. The lowest BCUT2D eigenvalue weighted by atomic mass is 9.93. The first-order valence-corrected chi connectivity index (χ1v) is 6.75. The van der Waals surface area contributed by atoms with Gasteiger partial charge in [-0.25, -0.2) is 0 Å². The molecule has 0 spiro atoms. The Bertz CT molecular complexity index is 297. The van der Waals surface area contributed by atoms with E-state index in [4.69, 9.17) is 9.84 Å². The van der Waals surface area contributed by atoms with Crippen molar-refractivity contribution in [2.75, 3.05) is 6.61 Å². The van der Waals surface area contributed by atoms with Gasteiger partial charge in [0.1, 0.15) is 0 Å². The fourth-order valence-corrected chi connectivity index (χ4v) is 2.07. The van der Waals surface area contributed by atoms with Gasteiger partial charge < -0.3 is 9.84 Å². The van der Waals surface area contributed by atoms with E-state index in [1.165, 1.54) is 0 Å². The smallest absolute Gasteiger partial charge is 0.303 e. The van der Waals surface area contributed by atoms with E-state index >= 15 is 0 Å². The van der Waals surface area contributed by atoms with Crippen LogP contribution in [0.4, 0.5) is 0 Å². The highest BCUT2D eigenvalue weighted by molar-refractivity contribution is 5.67. The van der Waals surface area contributed by atoms with Crippen molar-refractivity contribution in [3.05, 3.63) is 23.3 Å². The standard InChI is InChI=1S/C15H26O3/c1-5-9-14(18-8-4)13(7-3)12(6-2)10-11-15(16)17/h6-7,14H,5,8-11H2,1-4H3,(H,16,17)/b12-6-,13-7+. The first-order chi connectivity index (χ1) is 8.60. The van der Waals surface area contributed by atoms with Gasteiger partial charge in [-0.15, -0.1) is 0 Å². The van der Waals surface area contributed by atoms with Crippen molar-refractivity contribution in [3.63, 3.8) is 0 Å². The Morgan fingerprint density at radius 2 is 1.89 bits per heavy atom. The second-order valence-electron chi connectivity index (χ2n) is 4.18. The quantitative estimate of drug-likeness (QED) is 0.634. The molecule has 0 amide bonds. The molecule has 0 aromatic rings. The van der Waals surface area contributed by atoms with E-state index in [-0.39, 0.29) is 12.5 Å². The number of carboxylic acids is 1. The van der Waals surface area contributed by atoms with Crippen LogP contribution in [0.25, 0.3) is 0 Å². The predicted octanol–water partition coefficient (Wildman–Crippen LogP) is 3.95. The van der Waals surface area contributed by atoms with Crippen LogP contribution in [0.5, 0.6) is 0 Å². The maximum Gasteiger partial charge on any atom is 0.303 e. The highest BCUT2D eigenvalue weighted by atomic mass is 16.5. The van der Waals surface area contributed by atoms with Gasteiger partial charge in [0.2, 0.25) is 0 Å². The second-order valence-corrected chi connectivity index (χ2v) is 4.18. The summed E-state index contributed by atoms with van der Waals surface area (Å²) in [7, 11) is 0. The summed E-state index contributed by atoms with van der Waals surface area (Å²) in [5.74, 6) is -0.756. The normalized spacial score (nSPS) is 14.7. The highest BCUT2D eigenvalue weighted by Gasteiger charge is 2.16. The van der Waals surface area contributed by atoms with Crippen molar-refractivity contribution in [2.24, 2.45) is 0 Å². The van der Waals surface area contributed by atoms with E-state index in [2.05, 4.69) is 6.92 Å². The Hall–Kier alpha value is -1.09. The molecular formula is C15H26O3. The molecule has 104 valence electrons. The lowest BCUT2D eigenvalue weighted by molar-refractivity contribution is -0.136. The summed E-state index contributed by atoms with van der Waals surface area (Å²) in [4.78, 5) is 10.7. The summed E-state index contributed by atoms with van der Waals surface area (Å²) >= 11 is 0. The maximum atomic E-state index is 10.7. The summed E-state index contributed by atoms with van der Waals surface area (Å²) in [6.45, 7) is 8.74. The predicted molar refractivity (Wildman–Crippen MR) is 74.7 cm³/mol. The number of hydrogen-bond donors (Lipinski definition) is 1. The molecule has 0 aliphatic rings. The summed E-state index contributed by atoms with van der Waals surface area (Å²) in [5.41, 5.74) is 2.23. The van der Waals surface area contributed by atoms with Gasteiger partial charge in [0.05, 0.1) is 6.10 Å². The molecule has 1 N–H and O–H groups in total. The molecule has 0 aliphatic carbocycles. The van der Waals surface area contributed by atoms with Crippen molar-refractivity contribution < 1.29 is 14.6 Å². The van der Waals surface area contributed by atoms with Crippen LogP contribution in [0.1, 0.15) is 53.4 Å². The molecule has 0 aliphatic heterocycles. The van der Waals surface area contributed by atoms with Crippen LogP contribution in [0.15, 0.2) is 23.3 Å². The first kappa shape index (κ1) is 16.9. The number of ether oxygens (including phenoxy) is 1. The summed E-state index contributed by atoms with van der Waals surface area (Å²) < 4.78 is 5.77. The van der Waals surface area contributed by atoms with Gasteiger partial charge in [-0.05, 0) is 44.8 Å². The van der Waals surface area contributed by atoms with Gasteiger partial charge in [-0.2, -0.15) is 0 Å². The molecule has 1 unspecified atom stereocenters. The molecular weight excluding hydrogens is 228 g/mol.